The van der Waals surface area contributed by atoms with Gasteiger partial charge in [-0.05, 0) is 51.3 Å². The van der Waals surface area contributed by atoms with Crippen molar-refractivity contribution in [2.45, 2.75) is 52.3 Å². The fourth-order valence-corrected chi connectivity index (χ4v) is 3.40. The molecule has 1 fully saturated rings. The molecule has 1 saturated heterocycles. The number of nitrogens with zero attached hydrogens (tertiary/aromatic N) is 2. The summed E-state index contributed by atoms with van der Waals surface area (Å²) in [7, 11) is 3.37. The van der Waals surface area contributed by atoms with Gasteiger partial charge in [-0.15, -0.1) is 24.0 Å². The van der Waals surface area contributed by atoms with E-state index in [1.807, 2.05) is 6.07 Å². The molecule has 0 amide bonds. The normalized spacial score (nSPS) is 17.0. The van der Waals surface area contributed by atoms with Crippen LogP contribution in [0.3, 0.4) is 0 Å². The van der Waals surface area contributed by atoms with Gasteiger partial charge in [0, 0.05) is 51.4 Å². The van der Waals surface area contributed by atoms with Crippen molar-refractivity contribution in [1.82, 2.24) is 15.5 Å². The average Bonchev–Trinajstić information content (AvgIpc) is 3.13. The van der Waals surface area contributed by atoms with Gasteiger partial charge >= 0.3 is 0 Å². The molecular weight excluding hydrogens is 495 g/mol. The molecule has 0 aliphatic carbocycles. The molecular formula is C22H39IN4O3. The lowest BCUT2D eigenvalue weighted by molar-refractivity contribution is 0.0782. The van der Waals surface area contributed by atoms with Crippen molar-refractivity contribution in [2.75, 3.05) is 47.0 Å². The van der Waals surface area contributed by atoms with Crippen molar-refractivity contribution in [3.8, 4) is 11.5 Å². The number of benzene rings is 1. The minimum Gasteiger partial charge on any atom is -0.497 e. The van der Waals surface area contributed by atoms with Crippen molar-refractivity contribution in [3.05, 3.63) is 23.8 Å². The molecule has 8 heteroatoms. The summed E-state index contributed by atoms with van der Waals surface area (Å²) in [4.78, 5) is 7.14. The molecule has 7 nitrogen and oxygen atoms in total. The van der Waals surface area contributed by atoms with Crippen LogP contribution < -0.4 is 20.1 Å². The molecule has 2 rings (SSSR count). The highest BCUT2D eigenvalue weighted by molar-refractivity contribution is 14.0. The average molecular weight is 534 g/mol. The topological polar surface area (TPSA) is 67.4 Å². The Labute approximate surface area is 199 Å². The summed E-state index contributed by atoms with van der Waals surface area (Å²) in [5.74, 6) is 2.56. The van der Waals surface area contributed by atoms with E-state index in [0.717, 1.165) is 69.6 Å². The SMILES string of the molecule is CCNC(=NCCCOC(C)C)NC1CCN(Cc2cc(OC)cc(OC)c2)C1.I. The molecule has 2 N–H and O–H groups in total. The lowest BCUT2D eigenvalue weighted by Crippen LogP contribution is -2.44. The van der Waals surface area contributed by atoms with Crippen molar-refractivity contribution < 1.29 is 14.2 Å². The van der Waals surface area contributed by atoms with Crippen LogP contribution in [0.4, 0.5) is 0 Å². The molecule has 1 aromatic rings. The standard InChI is InChI=1S/C22H38N4O3.HI/c1-6-23-22(24-9-7-11-29-17(2)3)25-19-8-10-26(16-19)15-18-12-20(27-4)14-21(13-18)28-5;/h12-14,17,19H,6-11,15-16H2,1-5H3,(H2,23,24,25);1H. The largest absolute Gasteiger partial charge is 0.497 e. The minimum absolute atomic E-state index is 0. The van der Waals surface area contributed by atoms with Crippen LogP contribution in [0.1, 0.15) is 39.2 Å². The number of halogens is 1. The third-order valence-corrected chi connectivity index (χ3v) is 4.80. The van der Waals surface area contributed by atoms with Gasteiger partial charge in [0.1, 0.15) is 11.5 Å². The molecule has 1 aliphatic rings. The van der Waals surface area contributed by atoms with Gasteiger partial charge in [-0.1, -0.05) is 0 Å². The Kier molecular flexibility index (Phi) is 13.1. The third kappa shape index (κ3) is 9.70. The van der Waals surface area contributed by atoms with Gasteiger partial charge in [-0.3, -0.25) is 9.89 Å². The lowest BCUT2D eigenvalue weighted by Gasteiger charge is -2.19. The summed E-state index contributed by atoms with van der Waals surface area (Å²) in [5.41, 5.74) is 1.20. The van der Waals surface area contributed by atoms with E-state index in [-0.39, 0.29) is 30.1 Å². The molecule has 1 aromatic carbocycles. The van der Waals surface area contributed by atoms with E-state index >= 15 is 0 Å². The number of ether oxygens (including phenoxy) is 3. The first-order valence-corrected chi connectivity index (χ1v) is 10.6. The Hall–Kier alpha value is -1.26. The summed E-state index contributed by atoms with van der Waals surface area (Å²) in [6.07, 6.45) is 2.31. The van der Waals surface area contributed by atoms with Crippen LogP contribution in [-0.2, 0) is 11.3 Å². The Balaban J connectivity index is 0.00000450. The number of likely N-dealkylation sites (tertiary alicyclic amines) is 1. The molecule has 1 unspecified atom stereocenters. The first-order chi connectivity index (χ1) is 14.0. The highest BCUT2D eigenvalue weighted by Gasteiger charge is 2.23. The molecule has 0 saturated carbocycles. The fourth-order valence-electron chi connectivity index (χ4n) is 3.40. The third-order valence-electron chi connectivity index (χ3n) is 4.80. The van der Waals surface area contributed by atoms with Gasteiger partial charge < -0.3 is 24.8 Å². The Morgan fingerprint density at radius 1 is 1.20 bits per heavy atom. The number of rotatable bonds is 11. The van der Waals surface area contributed by atoms with Crippen LogP contribution >= 0.6 is 24.0 Å². The molecule has 1 atom stereocenters. The van der Waals surface area contributed by atoms with Crippen LogP contribution in [0, 0.1) is 0 Å². The molecule has 172 valence electrons. The van der Waals surface area contributed by atoms with Crippen LogP contribution in [0.15, 0.2) is 23.2 Å². The zero-order valence-electron chi connectivity index (χ0n) is 19.1. The van der Waals surface area contributed by atoms with E-state index in [2.05, 4.69) is 48.4 Å². The van der Waals surface area contributed by atoms with Gasteiger partial charge in [-0.2, -0.15) is 0 Å². The smallest absolute Gasteiger partial charge is 0.191 e. The first-order valence-electron chi connectivity index (χ1n) is 10.6. The predicted octanol–water partition coefficient (Wildman–Crippen LogP) is 3.27. The van der Waals surface area contributed by atoms with Crippen molar-refractivity contribution in [3.63, 3.8) is 0 Å². The van der Waals surface area contributed by atoms with E-state index in [9.17, 15) is 0 Å². The number of hydrogen-bond donors (Lipinski definition) is 2. The lowest BCUT2D eigenvalue weighted by atomic mass is 10.2. The molecule has 1 aliphatic heterocycles. The summed E-state index contributed by atoms with van der Waals surface area (Å²) in [6.45, 7) is 11.5. The second-order valence-corrected chi connectivity index (χ2v) is 7.62. The molecule has 0 aromatic heterocycles. The van der Waals surface area contributed by atoms with Gasteiger partial charge in [0.05, 0.1) is 20.3 Å². The van der Waals surface area contributed by atoms with E-state index in [1.54, 1.807) is 14.2 Å². The second-order valence-electron chi connectivity index (χ2n) is 7.62. The van der Waals surface area contributed by atoms with Crippen LogP contribution in [-0.4, -0.2) is 70.0 Å². The van der Waals surface area contributed by atoms with Crippen molar-refractivity contribution in [2.24, 2.45) is 4.99 Å². The van der Waals surface area contributed by atoms with Gasteiger partial charge in [0.25, 0.3) is 0 Å². The van der Waals surface area contributed by atoms with Crippen LogP contribution in [0.25, 0.3) is 0 Å². The van der Waals surface area contributed by atoms with E-state index < -0.39 is 0 Å². The molecule has 0 spiro atoms. The molecule has 30 heavy (non-hydrogen) atoms. The number of hydrogen-bond acceptors (Lipinski definition) is 5. The van der Waals surface area contributed by atoms with Gasteiger partial charge in [0.15, 0.2) is 5.96 Å². The summed E-state index contributed by atoms with van der Waals surface area (Å²) < 4.78 is 16.4. The van der Waals surface area contributed by atoms with E-state index in [4.69, 9.17) is 19.2 Å². The second kappa shape index (κ2) is 14.7. The Morgan fingerprint density at radius 3 is 2.50 bits per heavy atom. The molecule has 0 bridgehead atoms. The Morgan fingerprint density at radius 2 is 1.90 bits per heavy atom. The number of methoxy groups -OCH3 is 2. The monoisotopic (exact) mass is 534 g/mol. The molecule has 0 radical (unpaired) electrons. The van der Waals surface area contributed by atoms with Crippen molar-refractivity contribution in [1.29, 1.82) is 0 Å². The zero-order valence-corrected chi connectivity index (χ0v) is 21.4. The van der Waals surface area contributed by atoms with Gasteiger partial charge in [0.2, 0.25) is 0 Å². The van der Waals surface area contributed by atoms with E-state index in [0.29, 0.717) is 6.04 Å². The van der Waals surface area contributed by atoms with Crippen molar-refractivity contribution >= 4 is 29.9 Å². The predicted molar refractivity (Wildman–Crippen MR) is 133 cm³/mol. The number of aliphatic imine (C=N–C) groups is 1. The first kappa shape index (κ1) is 26.8. The maximum Gasteiger partial charge on any atom is 0.191 e. The summed E-state index contributed by atoms with van der Waals surface area (Å²) in [5, 5.41) is 6.93. The quantitative estimate of drug-likeness (QED) is 0.197. The van der Waals surface area contributed by atoms with Gasteiger partial charge in [-0.25, -0.2) is 0 Å². The highest BCUT2D eigenvalue weighted by atomic mass is 127. The maximum atomic E-state index is 5.59. The summed E-state index contributed by atoms with van der Waals surface area (Å²) in [6, 6.07) is 6.46. The minimum atomic E-state index is 0. The molecule has 1 heterocycles. The highest BCUT2D eigenvalue weighted by Crippen LogP contribution is 2.24. The Bertz CT molecular complexity index is 621. The van der Waals surface area contributed by atoms with Crippen LogP contribution in [0.2, 0.25) is 0 Å². The number of guanidine groups is 1. The van der Waals surface area contributed by atoms with E-state index in [1.165, 1.54) is 5.56 Å². The summed E-state index contributed by atoms with van der Waals surface area (Å²) >= 11 is 0. The maximum absolute atomic E-state index is 5.59. The number of nitrogens with one attached hydrogen (secondary N) is 2. The fraction of sp³-hybridized carbons (Fsp3) is 0.682. The van der Waals surface area contributed by atoms with Crippen LogP contribution in [0.5, 0.6) is 11.5 Å². The zero-order chi connectivity index (χ0) is 21.1.